The van der Waals surface area contributed by atoms with Gasteiger partial charge in [0.15, 0.2) is 0 Å². The van der Waals surface area contributed by atoms with E-state index in [0.717, 1.165) is 31.2 Å². The van der Waals surface area contributed by atoms with Crippen LogP contribution in [0, 0.1) is 0 Å². The number of hydrogen-bond acceptors (Lipinski definition) is 4. The molecule has 5 nitrogen and oxygen atoms in total. The topological polar surface area (TPSA) is 71.1 Å². The lowest BCUT2D eigenvalue weighted by Gasteiger charge is -2.44. The van der Waals surface area contributed by atoms with Gasteiger partial charge >= 0.3 is 0 Å². The highest BCUT2D eigenvalue weighted by Gasteiger charge is 2.47. The van der Waals surface area contributed by atoms with Gasteiger partial charge in [-0.3, -0.25) is 4.98 Å². The molecule has 1 aromatic heterocycles. The number of rotatable bonds is 5. The number of nitrogens with one attached hydrogen (secondary N) is 2. The summed E-state index contributed by atoms with van der Waals surface area (Å²) >= 11 is 5.68. The number of pyridine rings is 1. The van der Waals surface area contributed by atoms with Gasteiger partial charge in [0.25, 0.3) is 0 Å². The normalized spacial score (nSPS) is 23.3. The molecule has 0 bridgehead atoms. The number of aromatic nitrogens is 1. The highest BCUT2D eigenvalue weighted by molar-refractivity contribution is 7.89. The second-order valence-electron chi connectivity index (χ2n) is 6.52. The van der Waals surface area contributed by atoms with E-state index in [9.17, 15) is 8.42 Å². The molecule has 0 aliphatic heterocycles. The maximum absolute atomic E-state index is 12.9. The van der Waals surface area contributed by atoms with E-state index in [4.69, 9.17) is 12.2 Å². The van der Waals surface area contributed by atoms with Crippen LogP contribution in [0.1, 0.15) is 31.2 Å². The predicted molar refractivity (Wildman–Crippen MR) is 107 cm³/mol. The zero-order valence-electron chi connectivity index (χ0n) is 14.7. The van der Waals surface area contributed by atoms with Crippen LogP contribution in [-0.4, -0.2) is 31.5 Å². The van der Waals surface area contributed by atoms with Gasteiger partial charge in [-0.15, -0.1) is 0 Å². The zero-order chi connectivity index (χ0) is 18.6. The Morgan fingerprint density at radius 2 is 1.96 bits per heavy atom. The predicted octanol–water partition coefficient (Wildman–Crippen LogP) is 2.79. The fourth-order valence-corrected chi connectivity index (χ4v) is 5.49. The smallest absolute Gasteiger partial charge is 0.240 e. The molecule has 1 saturated carbocycles. The Hall–Kier alpha value is -1.83. The van der Waals surface area contributed by atoms with Crippen LogP contribution >= 0.6 is 12.2 Å². The highest BCUT2D eigenvalue weighted by atomic mass is 32.2. The van der Waals surface area contributed by atoms with Crippen LogP contribution in [0.15, 0.2) is 59.8 Å². The minimum atomic E-state index is -3.64. The Morgan fingerprint density at radius 1 is 1.19 bits per heavy atom. The molecule has 0 amide bonds. The van der Waals surface area contributed by atoms with Gasteiger partial charge in [0, 0.05) is 25.5 Å². The summed E-state index contributed by atoms with van der Waals surface area (Å²) in [4.78, 5) is 5.16. The first-order chi connectivity index (χ1) is 12.5. The quantitative estimate of drug-likeness (QED) is 0.770. The Labute approximate surface area is 160 Å². The first-order valence-corrected chi connectivity index (χ1v) is 10.6. The fraction of sp³-hybridized carbons (Fsp3) is 0.368. The van der Waals surface area contributed by atoms with Crippen molar-refractivity contribution in [3.05, 3.63) is 60.4 Å². The molecule has 2 N–H and O–H groups in total. The average Bonchev–Trinajstić information content (AvgIpc) is 2.69. The molecule has 7 heteroatoms. The standard InChI is InChI=1S/C19H23N3O2S2/c1-20-18(25)19(15-8-7-13-21-14-15)12-6-5-11-17(19)22-26(23,24)16-9-3-2-4-10-16/h2-4,7-10,13-14,17,22H,5-6,11-12H2,1H3,(H,20,25)/t17-,19+/m0/s1. The van der Waals surface area contributed by atoms with Crippen LogP contribution in [0.3, 0.4) is 0 Å². The van der Waals surface area contributed by atoms with E-state index in [1.54, 1.807) is 49.8 Å². The van der Waals surface area contributed by atoms with Crippen molar-refractivity contribution >= 4 is 27.2 Å². The van der Waals surface area contributed by atoms with Crippen molar-refractivity contribution in [3.8, 4) is 0 Å². The monoisotopic (exact) mass is 389 g/mol. The molecule has 1 fully saturated rings. The summed E-state index contributed by atoms with van der Waals surface area (Å²) in [5.74, 6) is 0. The van der Waals surface area contributed by atoms with Crippen LogP contribution in [-0.2, 0) is 15.4 Å². The minimum absolute atomic E-state index is 0.265. The molecule has 138 valence electrons. The maximum Gasteiger partial charge on any atom is 0.240 e. The Bertz CT molecular complexity index is 857. The molecule has 1 heterocycles. The molecule has 0 spiro atoms. The van der Waals surface area contributed by atoms with Gasteiger partial charge in [0.1, 0.15) is 0 Å². The van der Waals surface area contributed by atoms with E-state index >= 15 is 0 Å². The van der Waals surface area contributed by atoms with E-state index in [0.29, 0.717) is 4.99 Å². The summed E-state index contributed by atoms with van der Waals surface area (Å²) in [5, 5.41) is 3.10. The van der Waals surface area contributed by atoms with Gasteiger partial charge in [0.2, 0.25) is 10.0 Å². The number of benzene rings is 1. The van der Waals surface area contributed by atoms with Crippen molar-refractivity contribution < 1.29 is 8.42 Å². The van der Waals surface area contributed by atoms with Crippen LogP contribution in [0.5, 0.6) is 0 Å². The van der Waals surface area contributed by atoms with Crippen molar-refractivity contribution in [1.82, 2.24) is 15.0 Å². The van der Waals surface area contributed by atoms with Crippen molar-refractivity contribution in [2.24, 2.45) is 0 Å². The lowest BCUT2D eigenvalue weighted by Crippen LogP contribution is -2.58. The zero-order valence-corrected chi connectivity index (χ0v) is 16.3. The molecule has 1 aliphatic carbocycles. The average molecular weight is 390 g/mol. The lowest BCUT2D eigenvalue weighted by molar-refractivity contribution is 0.305. The molecular formula is C19H23N3O2S2. The molecule has 2 aromatic rings. The third-order valence-electron chi connectivity index (χ3n) is 5.07. The van der Waals surface area contributed by atoms with Crippen LogP contribution in [0.2, 0.25) is 0 Å². The molecule has 1 aromatic carbocycles. The third kappa shape index (κ3) is 3.51. The van der Waals surface area contributed by atoms with E-state index in [-0.39, 0.29) is 10.9 Å². The number of nitrogens with zero attached hydrogens (tertiary/aromatic N) is 1. The van der Waals surface area contributed by atoms with Gasteiger partial charge in [0.05, 0.1) is 15.3 Å². The van der Waals surface area contributed by atoms with Gasteiger partial charge < -0.3 is 5.32 Å². The van der Waals surface area contributed by atoms with Crippen molar-refractivity contribution in [2.75, 3.05) is 7.05 Å². The van der Waals surface area contributed by atoms with Gasteiger partial charge in [-0.05, 0) is 36.6 Å². The first-order valence-electron chi connectivity index (χ1n) is 8.71. The summed E-state index contributed by atoms with van der Waals surface area (Å²) in [7, 11) is -1.85. The molecule has 0 unspecified atom stereocenters. The van der Waals surface area contributed by atoms with Crippen molar-refractivity contribution in [3.63, 3.8) is 0 Å². The van der Waals surface area contributed by atoms with Gasteiger partial charge in [-0.25, -0.2) is 13.1 Å². The molecule has 3 rings (SSSR count). The summed E-state index contributed by atoms with van der Waals surface area (Å²) < 4.78 is 28.8. The fourth-order valence-electron chi connectivity index (χ4n) is 3.79. The van der Waals surface area contributed by atoms with E-state index in [1.807, 2.05) is 12.1 Å². The second kappa shape index (κ2) is 7.82. The van der Waals surface area contributed by atoms with Crippen LogP contribution in [0.4, 0.5) is 0 Å². The SMILES string of the molecule is CNC(=S)[C@@]1(c2cccnc2)CCCC[C@@H]1NS(=O)(=O)c1ccccc1. The first kappa shape index (κ1) is 18.9. The lowest BCUT2D eigenvalue weighted by atomic mass is 9.66. The molecular weight excluding hydrogens is 366 g/mol. The number of hydrogen-bond donors (Lipinski definition) is 2. The number of sulfonamides is 1. The second-order valence-corrected chi connectivity index (χ2v) is 8.65. The van der Waals surface area contributed by atoms with E-state index in [1.165, 1.54) is 0 Å². The van der Waals surface area contributed by atoms with E-state index < -0.39 is 15.4 Å². The largest absolute Gasteiger partial charge is 0.382 e. The van der Waals surface area contributed by atoms with Gasteiger partial charge in [-0.1, -0.05) is 49.3 Å². The molecule has 26 heavy (non-hydrogen) atoms. The molecule has 1 aliphatic rings. The Kier molecular flexibility index (Phi) is 5.70. The third-order valence-corrected chi connectivity index (χ3v) is 7.12. The maximum atomic E-state index is 12.9. The molecule has 0 saturated heterocycles. The highest BCUT2D eigenvalue weighted by Crippen LogP contribution is 2.41. The summed E-state index contributed by atoms with van der Waals surface area (Å²) in [6.45, 7) is 0. The molecule has 2 atom stereocenters. The van der Waals surface area contributed by atoms with Crippen LogP contribution < -0.4 is 10.0 Å². The summed E-state index contributed by atoms with van der Waals surface area (Å²) in [5.41, 5.74) is 0.346. The molecule has 0 radical (unpaired) electrons. The summed E-state index contributed by atoms with van der Waals surface area (Å²) in [6.07, 6.45) is 6.95. The Morgan fingerprint density at radius 3 is 2.62 bits per heavy atom. The van der Waals surface area contributed by atoms with Crippen molar-refractivity contribution in [2.45, 2.75) is 42.0 Å². The van der Waals surface area contributed by atoms with Crippen molar-refractivity contribution in [1.29, 1.82) is 0 Å². The minimum Gasteiger partial charge on any atom is -0.382 e. The number of thiocarbonyl (C=S) groups is 1. The van der Waals surface area contributed by atoms with Gasteiger partial charge in [-0.2, -0.15) is 0 Å². The number of likely N-dealkylation sites (N-methyl/N-ethyl adjacent to an activating group) is 1. The summed E-state index contributed by atoms with van der Waals surface area (Å²) in [6, 6.07) is 12.0. The Balaban J connectivity index is 2.04. The van der Waals surface area contributed by atoms with E-state index in [2.05, 4.69) is 15.0 Å². The van der Waals surface area contributed by atoms with Crippen LogP contribution in [0.25, 0.3) is 0 Å².